The van der Waals surface area contributed by atoms with E-state index in [1.54, 1.807) is 4.90 Å². The van der Waals surface area contributed by atoms with Crippen molar-refractivity contribution in [3.8, 4) is 11.8 Å². The summed E-state index contributed by atoms with van der Waals surface area (Å²) in [7, 11) is 0. The Labute approximate surface area is 143 Å². The van der Waals surface area contributed by atoms with Crippen LogP contribution in [0.5, 0.6) is 5.75 Å². The Balaban J connectivity index is 2.12. The van der Waals surface area contributed by atoms with Crippen molar-refractivity contribution in [1.82, 2.24) is 0 Å². The van der Waals surface area contributed by atoms with Gasteiger partial charge >= 0.3 is 0 Å². The van der Waals surface area contributed by atoms with Crippen LogP contribution in [0.25, 0.3) is 0 Å². The smallest absolute Gasteiger partial charge is 0.244 e. The van der Waals surface area contributed by atoms with Gasteiger partial charge in [-0.15, -0.1) is 0 Å². The number of benzene rings is 2. The SMILES string of the molecule is CCOc1ccc(CC(C#N)C(=O)N(CC)c2ccccc2)cc1. The van der Waals surface area contributed by atoms with Gasteiger partial charge in [0.1, 0.15) is 11.7 Å². The minimum Gasteiger partial charge on any atom is -0.494 e. The normalized spacial score (nSPS) is 11.4. The molecular weight excluding hydrogens is 300 g/mol. The number of anilines is 1. The molecule has 0 aliphatic heterocycles. The summed E-state index contributed by atoms with van der Waals surface area (Å²) in [4.78, 5) is 14.4. The van der Waals surface area contributed by atoms with E-state index in [1.165, 1.54) is 0 Å². The molecule has 1 atom stereocenters. The van der Waals surface area contributed by atoms with Gasteiger partial charge in [0.2, 0.25) is 5.91 Å². The Morgan fingerprint density at radius 1 is 1.12 bits per heavy atom. The van der Waals surface area contributed by atoms with Crippen molar-refractivity contribution < 1.29 is 9.53 Å². The second-order valence-electron chi connectivity index (χ2n) is 5.38. The Morgan fingerprint density at radius 2 is 1.79 bits per heavy atom. The second kappa shape index (κ2) is 8.73. The fourth-order valence-corrected chi connectivity index (χ4v) is 2.57. The van der Waals surface area contributed by atoms with Gasteiger partial charge in [-0.25, -0.2) is 0 Å². The van der Waals surface area contributed by atoms with Crippen LogP contribution in [-0.4, -0.2) is 19.1 Å². The molecule has 1 unspecified atom stereocenters. The van der Waals surface area contributed by atoms with E-state index in [2.05, 4.69) is 6.07 Å². The molecule has 1 amide bonds. The molecule has 2 aromatic rings. The highest BCUT2D eigenvalue weighted by Crippen LogP contribution is 2.20. The Hall–Kier alpha value is -2.80. The molecule has 0 heterocycles. The topological polar surface area (TPSA) is 53.3 Å². The number of rotatable bonds is 7. The highest BCUT2D eigenvalue weighted by Gasteiger charge is 2.24. The van der Waals surface area contributed by atoms with Crippen LogP contribution in [-0.2, 0) is 11.2 Å². The van der Waals surface area contributed by atoms with Gasteiger partial charge in [-0.1, -0.05) is 30.3 Å². The van der Waals surface area contributed by atoms with E-state index in [0.717, 1.165) is 17.0 Å². The van der Waals surface area contributed by atoms with Crippen LogP contribution < -0.4 is 9.64 Å². The molecular formula is C20H22N2O2. The van der Waals surface area contributed by atoms with Crippen LogP contribution in [0.2, 0.25) is 0 Å². The summed E-state index contributed by atoms with van der Waals surface area (Å²) in [5.74, 6) is -0.0799. The number of nitrogens with zero attached hydrogens (tertiary/aromatic N) is 2. The summed E-state index contributed by atoms with van der Waals surface area (Å²) < 4.78 is 5.41. The van der Waals surface area contributed by atoms with Crippen molar-refractivity contribution >= 4 is 11.6 Å². The molecule has 0 N–H and O–H groups in total. The van der Waals surface area contributed by atoms with E-state index in [9.17, 15) is 10.1 Å². The van der Waals surface area contributed by atoms with Gasteiger partial charge in [-0.2, -0.15) is 5.26 Å². The molecule has 0 aliphatic rings. The van der Waals surface area contributed by atoms with E-state index in [0.29, 0.717) is 19.6 Å². The van der Waals surface area contributed by atoms with E-state index >= 15 is 0 Å². The fraction of sp³-hybridized carbons (Fsp3) is 0.300. The number of hydrogen-bond acceptors (Lipinski definition) is 3. The Bertz CT molecular complexity index is 690. The molecule has 0 saturated carbocycles. The van der Waals surface area contributed by atoms with Crippen molar-refractivity contribution in [1.29, 1.82) is 5.26 Å². The van der Waals surface area contributed by atoms with Crippen molar-refractivity contribution in [3.63, 3.8) is 0 Å². The van der Waals surface area contributed by atoms with Crippen LogP contribution in [0.3, 0.4) is 0 Å². The van der Waals surface area contributed by atoms with Gasteiger partial charge in [0.25, 0.3) is 0 Å². The summed E-state index contributed by atoms with van der Waals surface area (Å²) in [6.45, 7) is 4.99. The predicted octanol–water partition coefficient (Wildman–Crippen LogP) is 3.82. The fourth-order valence-electron chi connectivity index (χ4n) is 2.57. The number of ether oxygens (including phenoxy) is 1. The number of carbonyl (C=O) groups is 1. The molecule has 0 spiro atoms. The zero-order valence-electron chi connectivity index (χ0n) is 14.1. The van der Waals surface area contributed by atoms with Crippen molar-refractivity contribution in [2.75, 3.05) is 18.1 Å². The number of hydrogen-bond donors (Lipinski definition) is 0. The second-order valence-corrected chi connectivity index (χ2v) is 5.38. The number of para-hydroxylation sites is 1. The molecule has 0 aliphatic carbocycles. The lowest BCUT2D eigenvalue weighted by Gasteiger charge is -2.23. The van der Waals surface area contributed by atoms with Gasteiger partial charge in [0.15, 0.2) is 0 Å². The third-order valence-corrected chi connectivity index (χ3v) is 3.78. The van der Waals surface area contributed by atoms with Gasteiger partial charge in [0, 0.05) is 12.2 Å². The molecule has 124 valence electrons. The predicted molar refractivity (Wildman–Crippen MR) is 94.9 cm³/mol. The lowest BCUT2D eigenvalue weighted by Crippen LogP contribution is -2.36. The highest BCUT2D eigenvalue weighted by atomic mass is 16.5. The first-order valence-electron chi connectivity index (χ1n) is 8.17. The molecule has 0 fully saturated rings. The molecule has 0 saturated heterocycles. The third kappa shape index (κ3) is 4.36. The molecule has 0 radical (unpaired) electrons. The monoisotopic (exact) mass is 322 g/mol. The van der Waals surface area contributed by atoms with E-state index < -0.39 is 5.92 Å². The average Bonchev–Trinajstić information content (AvgIpc) is 2.62. The molecule has 4 nitrogen and oxygen atoms in total. The van der Waals surface area contributed by atoms with E-state index in [-0.39, 0.29) is 5.91 Å². The maximum Gasteiger partial charge on any atom is 0.244 e. The summed E-state index contributed by atoms with van der Waals surface area (Å²) in [6, 6.07) is 19.1. The van der Waals surface area contributed by atoms with Crippen LogP contribution in [0.15, 0.2) is 54.6 Å². The number of carbonyl (C=O) groups excluding carboxylic acids is 1. The first-order valence-corrected chi connectivity index (χ1v) is 8.17. The lowest BCUT2D eigenvalue weighted by molar-refractivity contribution is -0.120. The van der Waals surface area contributed by atoms with Crippen molar-refractivity contribution in [2.24, 2.45) is 5.92 Å². The molecule has 0 aromatic heterocycles. The van der Waals surface area contributed by atoms with Gasteiger partial charge in [0.05, 0.1) is 12.7 Å². The zero-order valence-corrected chi connectivity index (χ0v) is 14.1. The molecule has 2 rings (SSSR count). The lowest BCUT2D eigenvalue weighted by atomic mass is 9.99. The average molecular weight is 322 g/mol. The largest absolute Gasteiger partial charge is 0.494 e. The van der Waals surface area contributed by atoms with Crippen LogP contribution >= 0.6 is 0 Å². The molecule has 2 aromatic carbocycles. The van der Waals surface area contributed by atoms with Gasteiger partial charge < -0.3 is 9.64 Å². The first kappa shape index (κ1) is 17.6. The van der Waals surface area contributed by atoms with Crippen LogP contribution in [0.4, 0.5) is 5.69 Å². The first-order chi connectivity index (χ1) is 11.7. The minimum atomic E-state index is -0.705. The maximum absolute atomic E-state index is 12.8. The Kier molecular flexibility index (Phi) is 6.39. The zero-order chi connectivity index (χ0) is 17.4. The molecule has 4 heteroatoms. The van der Waals surface area contributed by atoms with Gasteiger partial charge in [-0.3, -0.25) is 4.79 Å². The standard InChI is InChI=1S/C20H22N2O2/c1-3-22(18-8-6-5-7-9-18)20(23)17(15-21)14-16-10-12-19(13-11-16)24-4-2/h5-13,17H,3-4,14H2,1-2H3. The van der Waals surface area contributed by atoms with Crippen LogP contribution in [0, 0.1) is 17.2 Å². The minimum absolute atomic E-state index is 0.167. The highest BCUT2D eigenvalue weighted by molar-refractivity contribution is 5.96. The number of nitriles is 1. The van der Waals surface area contributed by atoms with E-state index in [1.807, 2.05) is 68.4 Å². The molecule has 24 heavy (non-hydrogen) atoms. The van der Waals surface area contributed by atoms with Gasteiger partial charge in [-0.05, 0) is 50.1 Å². The van der Waals surface area contributed by atoms with Crippen LogP contribution in [0.1, 0.15) is 19.4 Å². The summed E-state index contributed by atoms with van der Waals surface area (Å²) in [5.41, 5.74) is 1.76. The third-order valence-electron chi connectivity index (χ3n) is 3.78. The quantitative estimate of drug-likeness (QED) is 0.778. The van der Waals surface area contributed by atoms with E-state index in [4.69, 9.17) is 4.74 Å². The Morgan fingerprint density at radius 3 is 2.33 bits per heavy atom. The number of amides is 1. The molecule has 0 bridgehead atoms. The summed E-state index contributed by atoms with van der Waals surface area (Å²) in [6.07, 6.45) is 0.394. The van der Waals surface area contributed by atoms with Crippen molar-refractivity contribution in [3.05, 3.63) is 60.2 Å². The summed E-state index contributed by atoms with van der Waals surface area (Å²) >= 11 is 0. The maximum atomic E-state index is 12.8. The van der Waals surface area contributed by atoms with Crippen molar-refractivity contribution in [2.45, 2.75) is 20.3 Å². The summed E-state index contributed by atoms with van der Waals surface area (Å²) in [5, 5.41) is 9.47.